The zero-order chi connectivity index (χ0) is 37.2. The first-order valence-electron chi connectivity index (χ1n) is 19.2. The Hall–Kier alpha value is -6.52. The summed E-state index contributed by atoms with van der Waals surface area (Å²) in [6, 6.07) is 52.4. The summed E-state index contributed by atoms with van der Waals surface area (Å²) in [6.45, 7) is 11.5. The van der Waals surface area contributed by atoms with Crippen molar-refractivity contribution < 1.29 is 4.42 Å². The molecule has 264 valence electrons. The second kappa shape index (κ2) is 11.3. The van der Waals surface area contributed by atoms with Crippen LogP contribution in [0.5, 0.6) is 0 Å². The van der Waals surface area contributed by atoms with Gasteiger partial charge >= 0.3 is 0 Å². The lowest BCUT2D eigenvalue weighted by Gasteiger charge is -2.23. The van der Waals surface area contributed by atoms with E-state index in [1.165, 1.54) is 33.2 Å². The molecule has 0 radical (unpaired) electrons. The van der Waals surface area contributed by atoms with E-state index in [1.54, 1.807) is 0 Å². The van der Waals surface area contributed by atoms with Crippen LogP contribution in [-0.4, -0.2) is 14.5 Å². The Bertz CT molecular complexity index is 3210. The summed E-state index contributed by atoms with van der Waals surface area (Å²) in [7, 11) is 0. The van der Waals surface area contributed by atoms with Crippen LogP contribution in [0.2, 0.25) is 0 Å². The Morgan fingerprint density at radius 3 is 2.11 bits per heavy atom. The van der Waals surface area contributed by atoms with Gasteiger partial charge in [-0.05, 0) is 63.1 Å². The predicted octanol–water partition coefficient (Wildman–Crippen LogP) is 13.6. The zero-order valence-corrected chi connectivity index (χ0v) is 31.6. The number of fused-ring (bicyclic) bond motifs is 11. The Kier molecular flexibility index (Phi) is 6.54. The first kappa shape index (κ1) is 32.0. The highest BCUT2D eigenvalue weighted by Gasteiger charge is 2.38. The third-order valence-corrected chi connectivity index (χ3v) is 12.0. The van der Waals surface area contributed by atoms with E-state index in [1.807, 2.05) is 12.1 Å². The van der Waals surface area contributed by atoms with Crippen LogP contribution in [0.1, 0.15) is 51.3 Å². The Morgan fingerprint density at radius 1 is 0.564 bits per heavy atom. The second-order valence-corrected chi connectivity index (χ2v) is 16.6. The van der Waals surface area contributed by atoms with Gasteiger partial charge in [0.1, 0.15) is 11.2 Å². The molecule has 0 fully saturated rings. The molecule has 7 aromatic carbocycles. The fourth-order valence-corrected chi connectivity index (χ4v) is 9.23. The van der Waals surface area contributed by atoms with Crippen LogP contribution in [0.4, 0.5) is 0 Å². The van der Waals surface area contributed by atoms with E-state index in [0.717, 1.165) is 71.6 Å². The molecule has 4 nitrogen and oxygen atoms in total. The van der Waals surface area contributed by atoms with Gasteiger partial charge in [-0.15, -0.1) is 0 Å². The van der Waals surface area contributed by atoms with E-state index in [2.05, 4.69) is 173 Å². The highest BCUT2D eigenvalue weighted by atomic mass is 16.3. The molecule has 0 bridgehead atoms. The van der Waals surface area contributed by atoms with E-state index >= 15 is 0 Å². The number of hydrogen-bond donors (Lipinski definition) is 0. The topological polar surface area (TPSA) is 43.9 Å². The smallest absolute Gasteiger partial charge is 0.235 e. The van der Waals surface area contributed by atoms with Crippen LogP contribution < -0.4 is 0 Å². The molecule has 1 aliphatic carbocycles. The van der Waals surface area contributed by atoms with Gasteiger partial charge in [-0.2, -0.15) is 0 Å². The maximum atomic E-state index is 6.53. The molecule has 0 N–H and O–H groups in total. The van der Waals surface area contributed by atoms with Gasteiger partial charge in [-0.3, -0.25) is 4.57 Å². The molecule has 4 heteroatoms. The number of benzene rings is 7. The lowest BCUT2D eigenvalue weighted by molar-refractivity contribution is 0.590. The highest BCUT2D eigenvalue weighted by molar-refractivity contribution is 6.15. The van der Waals surface area contributed by atoms with Crippen molar-refractivity contribution in [3.05, 3.63) is 162 Å². The first-order chi connectivity index (χ1) is 26.7. The van der Waals surface area contributed by atoms with Crippen LogP contribution in [0.3, 0.4) is 0 Å². The number of rotatable bonds is 3. The molecule has 11 rings (SSSR count). The van der Waals surface area contributed by atoms with Gasteiger partial charge in [0.05, 0.1) is 22.2 Å². The normalized spacial score (nSPS) is 13.7. The largest absolute Gasteiger partial charge is 0.455 e. The fraction of sp³-hybridized carbons (Fsp3) is 0.137. The molecule has 0 atom stereocenters. The second-order valence-electron chi connectivity index (χ2n) is 16.6. The summed E-state index contributed by atoms with van der Waals surface area (Å²) in [6.07, 6.45) is 0. The maximum absolute atomic E-state index is 6.53. The minimum atomic E-state index is -0.247. The van der Waals surface area contributed by atoms with E-state index in [-0.39, 0.29) is 10.8 Å². The average molecular weight is 710 g/mol. The molecule has 3 aromatic heterocycles. The molecule has 3 heterocycles. The fourth-order valence-electron chi connectivity index (χ4n) is 9.23. The van der Waals surface area contributed by atoms with Crippen LogP contribution in [-0.2, 0) is 10.8 Å². The van der Waals surface area contributed by atoms with Crippen molar-refractivity contribution in [3.63, 3.8) is 0 Å². The summed E-state index contributed by atoms with van der Waals surface area (Å²) in [4.78, 5) is 10.9. The van der Waals surface area contributed by atoms with Crippen LogP contribution in [0.15, 0.2) is 150 Å². The van der Waals surface area contributed by atoms with Gasteiger partial charge in [0.2, 0.25) is 5.95 Å². The minimum Gasteiger partial charge on any atom is -0.455 e. The van der Waals surface area contributed by atoms with Crippen LogP contribution >= 0.6 is 0 Å². The Morgan fingerprint density at radius 2 is 1.27 bits per heavy atom. The van der Waals surface area contributed by atoms with Crippen molar-refractivity contribution in [1.29, 1.82) is 0 Å². The number of para-hydroxylation sites is 3. The molecule has 1 aliphatic rings. The molecule has 10 aromatic rings. The van der Waals surface area contributed by atoms with E-state index < -0.39 is 0 Å². The summed E-state index contributed by atoms with van der Waals surface area (Å²) < 4.78 is 8.87. The maximum Gasteiger partial charge on any atom is 0.235 e. The van der Waals surface area contributed by atoms with Crippen molar-refractivity contribution in [3.8, 4) is 39.5 Å². The molecular weight excluding hydrogens is 671 g/mol. The predicted molar refractivity (Wildman–Crippen MR) is 228 cm³/mol. The zero-order valence-electron chi connectivity index (χ0n) is 31.6. The molecule has 55 heavy (non-hydrogen) atoms. The molecular formula is C51H39N3O. The summed E-state index contributed by atoms with van der Waals surface area (Å²) >= 11 is 0. The van der Waals surface area contributed by atoms with Crippen molar-refractivity contribution in [2.45, 2.75) is 45.4 Å². The molecule has 0 saturated heterocycles. The van der Waals surface area contributed by atoms with Crippen molar-refractivity contribution in [2.24, 2.45) is 0 Å². The molecule has 0 amide bonds. The van der Waals surface area contributed by atoms with E-state index in [0.29, 0.717) is 5.95 Å². The average Bonchev–Trinajstić information content (AvgIpc) is 3.82. The first-order valence-corrected chi connectivity index (χ1v) is 19.2. The lowest BCUT2D eigenvalue weighted by Crippen LogP contribution is -2.17. The van der Waals surface area contributed by atoms with E-state index in [9.17, 15) is 0 Å². The highest BCUT2D eigenvalue weighted by Crippen LogP contribution is 2.53. The Labute approximate surface area is 319 Å². The van der Waals surface area contributed by atoms with Gasteiger partial charge in [-0.25, -0.2) is 9.97 Å². The molecule has 0 spiro atoms. The quantitative estimate of drug-likeness (QED) is 0.183. The van der Waals surface area contributed by atoms with Crippen LogP contribution in [0, 0.1) is 0 Å². The van der Waals surface area contributed by atoms with Crippen molar-refractivity contribution >= 4 is 54.6 Å². The molecule has 0 aliphatic heterocycles. The molecule has 0 saturated carbocycles. The van der Waals surface area contributed by atoms with Crippen LogP contribution in [0.25, 0.3) is 94.1 Å². The van der Waals surface area contributed by atoms with Gasteiger partial charge in [-0.1, -0.05) is 156 Å². The van der Waals surface area contributed by atoms with Gasteiger partial charge in [0, 0.05) is 43.5 Å². The number of nitrogens with zero attached hydrogens (tertiary/aromatic N) is 3. The summed E-state index contributed by atoms with van der Waals surface area (Å²) in [5, 5.41) is 5.63. The van der Waals surface area contributed by atoms with Gasteiger partial charge < -0.3 is 4.42 Å². The Balaban J connectivity index is 1.22. The number of furan rings is 1. The van der Waals surface area contributed by atoms with E-state index in [4.69, 9.17) is 14.4 Å². The SMILES string of the molecule is CC(C)(C)c1ccc(-c2nc(-n3c4ccc(-c5cccc6c5oc5ccccc56)cc4c4ccc5c(c43)C(C)(C)c3ccccc3-5)nc3ccccc23)cc1. The standard InChI is InChI=1S/C51H39N3O/c1-50(2,3)32-24-21-30(22-25-32)46-39-15-7-10-19-42(39)52-49(53-46)54-43-28-23-31(33-16-12-17-38-35-14-8-11-20-44(35)55-48(33)38)29-40(43)37-27-26-36-34-13-6-9-18-41(34)51(4,5)45(36)47(37)54/h6-29H,1-5H3. The van der Waals surface area contributed by atoms with Crippen molar-refractivity contribution in [1.82, 2.24) is 14.5 Å². The summed E-state index contributed by atoms with van der Waals surface area (Å²) in [5.74, 6) is 0.667. The monoisotopic (exact) mass is 709 g/mol. The third-order valence-electron chi connectivity index (χ3n) is 12.0. The molecule has 0 unspecified atom stereocenters. The van der Waals surface area contributed by atoms with Gasteiger partial charge in [0.25, 0.3) is 0 Å². The minimum absolute atomic E-state index is 0.0555. The third kappa shape index (κ3) is 4.58. The summed E-state index contributed by atoms with van der Waals surface area (Å²) in [5.41, 5.74) is 15.4. The number of hydrogen-bond acceptors (Lipinski definition) is 3. The number of aromatic nitrogens is 3. The lowest BCUT2D eigenvalue weighted by atomic mass is 9.81. The van der Waals surface area contributed by atoms with Crippen molar-refractivity contribution in [2.75, 3.05) is 0 Å². The van der Waals surface area contributed by atoms with Gasteiger partial charge in [0.15, 0.2) is 0 Å².